The highest BCUT2D eigenvalue weighted by atomic mass is 32.2. The van der Waals surface area contributed by atoms with Crippen molar-refractivity contribution in [2.24, 2.45) is 5.92 Å². The molecule has 0 aliphatic heterocycles. The lowest BCUT2D eigenvalue weighted by Crippen LogP contribution is -2.41. The molecule has 0 saturated carbocycles. The Kier molecular flexibility index (Phi) is 6.17. The van der Waals surface area contributed by atoms with Crippen molar-refractivity contribution in [3.8, 4) is 0 Å². The fourth-order valence-corrected chi connectivity index (χ4v) is 2.65. The molecule has 1 amide bonds. The molecular weight excluding hydrogens is 298 g/mol. The maximum atomic E-state index is 12.2. The number of nitrogens with one attached hydrogen (secondary N) is 1. The fourth-order valence-electron chi connectivity index (χ4n) is 2.19. The molecule has 0 aliphatic rings. The minimum absolute atomic E-state index is 0.167. The van der Waals surface area contributed by atoms with Crippen molar-refractivity contribution in [1.29, 1.82) is 0 Å². The highest BCUT2D eigenvalue weighted by Crippen LogP contribution is 2.24. The van der Waals surface area contributed by atoms with Crippen LogP contribution >= 0.6 is 0 Å². The summed E-state index contributed by atoms with van der Waals surface area (Å²) in [6.45, 7) is 9.69. The molecule has 0 heterocycles. The van der Waals surface area contributed by atoms with Crippen LogP contribution in [0.25, 0.3) is 0 Å². The van der Waals surface area contributed by atoms with E-state index >= 15 is 0 Å². The lowest BCUT2D eigenvalue weighted by molar-refractivity contribution is -0.121. The average molecular weight is 325 g/mol. The Balaban J connectivity index is 2.97. The Morgan fingerprint density at radius 1 is 0.955 bits per heavy atom. The van der Waals surface area contributed by atoms with Crippen LogP contribution in [-0.2, 0) is 14.6 Å². The summed E-state index contributed by atoms with van der Waals surface area (Å²) in [6.07, 6.45) is 1.08. The topological polar surface area (TPSA) is 63.2 Å². The third kappa shape index (κ3) is 4.83. The minimum Gasteiger partial charge on any atom is -0.348 e. The normalized spacial score (nSPS) is 14.9. The van der Waals surface area contributed by atoms with Crippen molar-refractivity contribution < 1.29 is 13.2 Å². The summed E-state index contributed by atoms with van der Waals surface area (Å²) >= 11 is 0. The third-order valence-corrected chi connectivity index (χ3v) is 5.44. The van der Waals surface area contributed by atoms with E-state index in [1.54, 1.807) is 0 Å². The van der Waals surface area contributed by atoms with Gasteiger partial charge in [0.15, 0.2) is 9.84 Å². The summed E-state index contributed by atoms with van der Waals surface area (Å²) in [7, 11) is -3.39. The number of carbonyl (C=O) groups is 1. The molecule has 0 spiro atoms. The summed E-state index contributed by atoms with van der Waals surface area (Å²) in [5, 5.41) is 1.83. The van der Waals surface area contributed by atoms with E-state index in [1.165, 1.54) is 12.5 Å². The van der Waals surface area contributed by atoms with E-state index in [0.29, 0.717) is 5.92 Å². The molecule has 0 aromatic heterocycles. The van der Waals surface area contributed by atoms with Gasteiger partial charge >= 0.3 is 0 Å². The number of hydrogen-bond donors (Lipinski definition) is 1. The van der Waals surface area contributed by atoms with Crippen LogP contribution in [0.15, 0.2) is 24.3 Å². The molecule has 0 fully saturated rings. The molecule has 4 nitrogen and oxygen atoms in total. The Bertz CT molecular complexity index is 603. The van der Waals surface area contributed by atoms with Gasteiger partial charge in [-0.25, -0.2) is 8.42 Å². The van der Waals surface area contributed by atoms with Crippen molar-refractivity contribution in [2.75, 3.05) is 6.26 Å². The Morgan fingerprint density at radius 3 is 1.77 bits per heavy atom. The Hall–Kier alpha value is -1.36. The molecule has 2 atom stereocenters. The fraction of sp³-hybridized carbons (Fsp3) is 0.588. The first-order valence-corrected chi connectivity index (χ1v) is 9.58. The Morgan fingerprint density at radius 2 is 1.41 bits per heavy atom. The average Bonchev–Trinajstić information content (AvgIpc) is 2.42. The van der Waals surface area contributed by atoms with Crippen LogP contribution in [0.5, 0.6) is 0 Å². The standard InChI is InChI=1S/C17H27NO3S/c1-11(2)14-7-9-15(10-8-14)16(12(3)4)18-17(19)13(5)22(6,20)21/h7-13,16H,1-6H3,(H,18,19)/t13-,16-/m1/s1. The number of sulfone groups is 1. The van der Waals surface area contributed by atoms with Crippen LogP contribution in [0.1, 0.15) is 57.7 Å². The molecule has 1 rings (SSSR count). The van der Waals surface area contributed by atoms with Crippen molar-refractivity contribution >= 4 is 15.7 Å². The lowest BCUT2D eigenvalue weighted by Gasteiger charge is -2.25. The van der Waals surface area contributed by atoms with E-state index in [2.05, 4.69) is 31.3 Å². The van der Waals surface area contributed by atoms with Crippen molar-refractivity contribution in [3.63, 3.8) is 0 Å². The van der Waals surface area contributed by atoms with E-state index < -0.39 is 21.0 Å². The monoisotopic (exact) mass is 325 g/mol. The van der Waals surface area contributed by atoms with Gasteiger partial charge in [-0.05, 0) is 29.9 Å². The molecule has 22 heavy (non-hydrogen) atoms. The third-order valence-electron chi connectivity index (χ3n) is 3.94. The summed E-state index contributed by atoms with van der Waals surface area (Å²) in [5.41, 5.74) is 2.23. The van der Waals surface area contributed by atoms with E-state index in [1.807, 2.05) is 26.0 Å². The predicted octanol–water partition coefficient (Wildman–Crippen LogP) is 3.06. The second kappa shape index (κ2) is 7.27. The van der Waals surface area contributed by atoms with E-state index in [4.69, 9.17) is 0 Å². The van der Waals surface area contributed by atoms with Crippen LogP contribution in [0, 0.1) is 5.92 Å². The van der Waals surface area contributed by atoms with Crippen LogP contribution in [0.3, 0.4) is 0 Å². The zero-order valence-corrected chi connectivity index (χ0v) is 15.1. The van der Waals surface area contributed by atoms with Gasteiger partial charge in [0.2, 0.25) is 5.91 Å². The quantitative estimate of drug-likeness (QED) is 0.874. The first-order valence-electron chi connectivity index (χ1n) is 7.63. The molecule has 0 bridgehead atoms. The van der Waals surface area contributed by atoms with Crippen molar-refractivity contribution in [2.45, 2.75) is 51.8 Å². The number of rotatable bonds is 6. The van der Waals surface area contributed by atoms with Gasteiger partial charge in [-0.3, -0.25) is 4.79 Å². The second-order valence-corrected chi connectivity index (χ2v) is 8.89. The van der Waals surface area contributed by atoms with Crippen molar-refractivity contribution in [3.05, 3.63) is 35.4 Å². The number of amides is 1. The van der Waals surface area contributed by atoms with Gasteiger partial charge in [-0.15, -0.1) is 0 Å². The van der Waals surface area contributed by atoms with Crippen LogP contribution in [-0.4, -0.2) is 25.8 Å². The van der Waals surface area contributed by atoms with Gasteiger partial charge in [0.25, 0.3) is 0 Å². The molecule has 0 aliphatic carbocycles. The molecule has 5 heteroatoms. The van der Waals surface area contributed by atoms with E-state index in [-0.39, 0.29) is 12.0 Å². The number of hydrogen-bond acceptors (Lipinski definition) is 3. The van der Waals surface area contributed by atoms with Gasteiger partial charge in [-0.2, -0.15) is 0 Å². The zero-order chi connectivity index (χ0) is 17.1. The molecule has 1 aromatic rings. The first kappa shape index (κ1) is 18.7. The zero-order valence-electron chi connectivity index (χ0n) is 14.3. The highest BCUT2D eigenvalue weighted by molar-refractivity contribution is 7.92. The largest absolute Gasteiger partial charge is 0.348 e. The molecule has 0 saturated heterocycles. The molecule has 0 unspecified atom stereocenters. The van der Waals surface area contributed by atoms with Gasteiger partial charge in [0.05, 0.1) is 6.04 Å². The summed E-state index contributed by atoms with van der Waals surface area (Å²) < 4.78 is 23.0. The smallest absolute Gasteiger partial charge is 0.238 e. The number of carbonyl (C=O) groups excluding carboxylic acids is 1. The second-order valence-electron chi connectivity index (χ2n) is 6.52. The molecular formula is C17H27NO3S. The van der Waals surface area contributed by atoms with Crippen LogP contribution in [0.2, 0.25) is 0 Å². The van der Waals surface area contributed by atoms with Crippen molar-refractivity contribution in [1.82, 2.24) is 5.32 Å². The minimum atomic E-state index is -3.39. The SMILES string of the molecule is CC(C)c1ccc([C@H](NC(=O)[C@@H](C)S(C)(=O)=O)C(C)C)cc1. The lowest BCUT2D eigenvalue weighted by atomic mass is 9.93. The van der Waals surface area contributed by atoms with Crippen LogP contribution < -0.4 is 5.32 Å². The maximum absolute atomic E-state index is 12.2. The molecule has 124 valence electrons. The maximum Gasteiger partial charge on any atom is 0.238 e. The van der Waals surface area contributed by atoms with E-state index in [0.717, 1.165) is 11.8 Å². The highest BCUT2D eigenvalue weighted by Gasteiger charge is 2.27. The predicted molar refractivity (Wildman–Crippen MR) is 90.6 cm³/mol. The number of benzene rings is 1. The van der Waals surface area contributed by atoms with Gasteiger partial charge in [0, 0.05) is 6.26 Å². The van der Waals surface area contributed by atoms with Gasteiger partial charge in [-0.1, -0.05) is 52.0 Å². The molecule has 0 radical (unpaired) electrons. The van der Waals surface area contributed by atoms with Gasteiger partial charge < -0.3 is 5.32 Å². The van der Waals surface area contributed by atoms with Crippen LogP contribution in [0.4, 0.5) is 0 Å². The van der Waals surface area contributed by atoms with Gasteiger partial charge in [0.1, 0.15) is 5.25 Å². The van der Waals surface area contributed by atoms with E-state index in [9.17, 15) is 13.2 Å². The molecule has 1 aromatic carbocycles. The summed E-state index contributed by atoms with van der Waals surface area (Å²) in [4.78, 5) is 12.2. The molecule has 1 N–H and O–H groups in total. The first-order chi connectivity index (χ1) is 10.0. The summed E-state index contributed by atoms with van der Waals surface area (Å²) in [6, 6.07) is 7.93. The Labute approximate surface area is 134 Å². The summed E-state index contributed by atoms with van der Waals surface area (Å²) in [5.74, 6) is 0.168.